The van der Waals surface area contributed by atoms with Gasteiger partial charge in [0, 0.05) is 0 Å². The Labute approximate surface area is 174 Å². The summed E-state index contributed by atoms with van der Waals surface area (Å²) < 4.78 is 9.01. The molecular weight excluding hydrogens is 404 g/mol. The molecule has 0 saturated heterocycles. The van der Waals surface area contributed by atoms with Crippen LogP contribution in [0.3, 0.4) is 0 Å². The largest absolute Gasteiger partial charge is 0.660 e. The molecule has 0 aromatic carbocycles. The van der Waals surface area contributed by atoms with Gasteiger partial charge in [-0.25, -0.2) is 0 Å². The average Bonchev–Trinajstić information content (AvgIpc) is 2.42. The first-order chi connectivity index (χ1) is 11.6. The van der Waals surface area contributed by atoms with E-state index in [9.17, 15) is 0 Å². The van der Waals surface area contributed by atoms with E-state index >= 15 is 0 Å². The SMILES string of the molecule is CC(C)(C)[N]=[Mo+2]=[N]C(C)(C)C.CCC(C)[N-]C(C)C.CCC[N-]C(C)C. The van der Waals surface area contributed by atoms with Gasteiger partial charge in [-0.3, -0.25) is 0 Å². The molecule has 0 aliphatic carbocycles. The van der Waals surface area contributed by atoms with Gasteiger partial charge in [0.25, 0.3) is 0 Å². The van der Waals surface area contributed by atoms with Gasteiger partial charge >= 0.3 is 77.8 Å². The van der Waals surface area contributed by atoms with E-state index in [1.165, 1.54) is 6.42 Å². The maximum absolute atomic E-state index is 4.51. The van der Waals surface area contributed by atoms with Crippen molar-refractivity contribution in [3.05, 3.63) is 10.6 Å². The smallest absolute Gasteiger partial charge is 0.0668 e. The Bertz CT molecular complexity index is 341. The Kier molecular flexibility index (Phi) is 20.6. The van der Waals surface area contributed by atoms with Gasteiger partial charge in [0.15, 0.2) is 0 Å². The second-order valence-electron chi connectivity index (χ2n) is 9.11. The summed E-state index contributed by atoms with van der Waals surface area (Å²) in [6.07, 6.45) is 2.34. The van der Waals surface area contributed by atoms with Crippen molar-refractivity contribution >= 4 is 0 Å². The van der Waals surface area contributed by atoms with Crippen LogP contribution in [0.25, 0.3) is 10.6 Å². The van der Waals surface area contributed by atoms with Gasteiger partial charge in [0.05, 0.1) is 0 Å². The molecular formula is C21H48MoN4. The minimum Gasteiger partial charge on any atom is -0.660 e. The van der Waals surface area contributed by atoms with Crippen molar-refractivity contribution < 1.29 is 18.2 Å². The van der Waals surface area contributed by atoms with E-state index in [2.05, 4.69) is 108 Å². The second kappa shape index (κ2) is 17.3. The van der Waals surface area contributed by atoms with E-state index in [4.69, 9.17) is 0 Å². The molecule has 0 aromatic rings. The summed E-state index contributed by atoms with van der Waals surface area (Å²) >= 11 is -0.473. The van der Waals surface area contributed by atoms with Crippen LogP contribution in [0.15, 0.2) is 6.99 Å². The summed E-state index contributed by atoms with van der Waals surface area (Å²) in [7, 11) is 0. The van der Waals surface area contributed by atoms with E-state index in [0.717, 1.165) is 13.0 Å². The minimum atomic E-state index is -0.473. The zero-order chi connectivity index (χ0) is 21.4. The normalized spacial score (nSPS) is 12.4. The fraction of sp³-hybridized carbons (Fsp3) is 1.00. The van der Waals surface area contributed by atoms with Gasteiger partial charge < -0.3 is 10.6 Å². The predicted octanol–water partition coefficient (Wildman–Crippen LogP) is 7.78. The third-order valence-electron chi connectivity index (χ3n) is 2.49. The van der Waals surface area contributed by atoms with Gasteiger partial charge in [-0.05, 0) is 0 Å². The third kappa shape index (κ3) is 39.3. The van der Waals surface area contributed by atoms with Crippen molar-refractivity contribution in [2.75, 3.05) is 6.54 Å². The maximum atomic E-state index is 4.51. The fourth-order valence-electron chi connectivity index (χ4n) is 1.27. The van der Waals surface area contributed by atoms with Crippen molar-refractivity contribution in [2.45, 2.75) is 132 Å². The van der Waals surface area contributed by atoms with Crippen LogP contribution < -0.4 is 0 Å². The molecule has 0 amide bonds. The molecule has 0 N–H and O–H groups in total. The van der Waals surface area contributed by atoms with Crippen molar-refractivity contribution in [3.8, 4) is 0 Å². The van der Waals surface area contributed by atoms with E-state index < -0.39 is 18.2 Å². The van der Waals surface area contributed by atoms with Crippen LogP contribution in [0, 0.1) is 0 Å². The molecule has 0 radical (unpaired) electrons. The van der Waals surface area contributed by atoms with E-state index in [0.29, 0.717) is 18.1 Å². The second-order valence-corrected chi connectivity index (χ2v) is 10.4. The Hall–Kier alpha value is 0.208. The van der Waals surface area contributed by atoms with Crippen LogP contribution in [0.2, 0.25) is 0 Å². The molecule has 0 saturated carbocycles. The molecule has 1 unspecified atom stereocenters. The number of hydrogen-bond donors (Lipinski definition) is 0. The van der Waals surface area contributed by atoms with Crippen LogP contribution in [0.1, 0.15) is 103 Å². The van der Waals surface area contributed by atoms with Crippen LogP contribution in [-0.2, 0) is 18.2 Å². The van der Waals surface area contributed by atoms with Gasteiger partial charge in [-0.15, -0.1) is 24.7 Å². The summed E-state index contributed by atoms with van der Waals surface area (Å²) in [5.41, 5.74) is 0.216. The van der Waals surface area contributed by atoms with Gasteiger partial charge in [-0.2, -0.15) is 0 Å². The van der Waals surface area contributed by atoms with Gasteiger partial charge in [-0.1, -0.05) is 61.3 Å². The minimum absolute atomic E-state index is 0.108. The molecule has 0 heterocycles. The number of nitrogens with zero attached hydrogens (tertiary/aromatic N) is 4. The zero-order valence-corrected chi connectivity index (χ0v) is 22.1. The Morgan fingerprint density at radius 3 is 1.35 bits per heavy atom. The molecule has 1 atom stereocenters. The number of hydrogen-bond acceptors (Lipinski definition) is 2. The molecule has 0 rings (SSSR count). The molecule has 26 heavy (non-hydrogen) atoms. The molecule has 0 aliphatic rings. The summed E-state index contributed by atoms with van der Waals surface area (Å²) in [4.78, 5) is 0. The first-order valence-corrected chi connectivity index (χ1v) is 11.9. The maximum Gasteiger partial charge on any atom is -0.0668 e. The van der Waals surface area contributed by atoms with Crippen LogP contribution in [-0.4, -0.2) is 35.7 Å². The summed E-state index contributed by atoms with van der Waals surface area (Å²) in [6, 6.07) is 1.58. The Morgan fingerprint density at radius 1 is 0.769 bits per heavy atom. The molecule has 158 valence electrons. The molecule has 4 nitrogen and oxygen atoms in total. The number of rotatable bonds is 6. The van der Waals surface area contributed by atoms with Crippen molar-refractivity contribution in [1.82, 2.24) is 0 Å². The average molecular weight is 453 g/mol. The monoisotopic (exact) mass is 454 g/mol. The summed E-state index contributed by atoms with van der Waals surface area (Å²) in [6.45, 7) is 28.7. The first-order valence-electron chi connectivity index (χ1n) is 10.1. The first kappa shape index (κ1) is 30.9. The van der Waals surface area contributed by atoms with Gasteiger partial charge in [0.1, 0.15) is 0 Å². The summed E-state index contributed by atoms with van der Waals surface area (Å²) in [5, 5.41) is 8.64. The quantitative estimate of drug-likeness (QED) is 0.370. The molecule has 5 heteroatoms. The standard InChI is InChI=1S/C7H16N.C6H14N.2C4H9N.Mo/c1-5-7(4)8-6(2)3;1-4-5-7-6(2)3;2*1-4(2,3)5;/h6-7H,5H2,1-4H3;6H,4-5H2,1-3H3;2*1-3H3;/q2*-1;;;+2. The molecule has 0 bridgehead atoms. The van der Waals surface area contributed by atoms with E-state index in [1.807, 2.05) is 0 Å². The zero-order valence-electron chi connectivity index (χ0n) is 20.1. The van der Waals surface area contributed by atoms with Crippen LogP contribution in [0.4, 0.5) is 0 Å². The fourth-order valence-corrected chi connectivity index (χ4v) is 2.57. The molecule has 0 aromatic heterocycles. The summed E-state index contributed by atoms with van der Waals surface area (Å²) in [5.74, 6) is 0. The molecule has 0 aliphatic heterocycles. The topological polar surface area (TPSA) is 52.9 Å². The Morgan fingerprint density at radius 2 is 1.19 bits per heavy atom. The van der Waals surface area contributed by atoms with Gasteiger partial charge in [0.2, 0.25) is 0 Å². The van der Waals surface area contributed by atoms with Crippen molar-refractivity contribution in [1.29, 1.82) is 0 Å². The molecule has 0 fully saturated rings. The van der Waals surface area contributed by atoms with E-state index in [1.54, 1.807) is 0 Å². The Balaban J connectivity index is -0.000000315. The predicted molar refractivity (Wildman–Crippen MR) is 116 cm³/mol. The van der Waals surface area contributed by atoms with E-state index in [-0.39, 0.29) is 11.1 Å². The third-order valence-corrected chi connectivity index (χ3v) is 5.58. The molecule has 0 spiro atoms. The van der Waals surface area contributed by atoms with Crippen molar-refractivity contribution in [2.24, 2.45) is 6.99 Å². The van der Waals surface area contributed by atoms with Crippen molar-refractivity contribution in [3.63, 3.8) is 0 Å². The van der Waals surface area contributed by atoms with Crippen LogP contribution in [0.5, 0.6) is 0 Å². The van der Waals surface area contributed by atoms with Crippen LogP contribution >= 0.6 is 0 Å².